The number of carbonyl (C=O) groups excluding carboxylic acids is 3. The van der Waals surface area contributed by atoms with Crippen LogP contribution in [0.3, 0.4) is 0 Å². The maximum Gasteiger partial charge on any atom is 0.335 e. The number of fused-ring (bicyclic) bond motifs is 1. The normalized spacial score (nSPS) is 21.3. The van der Waals surface area contributed by atoms with E-state index in [9.17, 15) is 14.4 Å². The number of benzene rings is 2. The summed E-state index contributed by atoms with van der Waals surface area (Å²) in [4.78, 5) is 41.1. The number of nitrogens with one attached hydrogen (secondary N) is 1. The van der Waals surface area contributed by atoms with Gasteiger partial charge < -0.3 is 4.90 Å². The maximum absolute atomic E-state index is 15.2. The van der Waals surface area contributed by atoms with Gasteiger partial charge in [-0.1, -0.05) is 22.9 Å². The molecule has 1 saturated heterocycles. The van der Waals surface area contributed by atoms with Crippen molar-refractivity contribution < 1.29 is 18.8 Å². The Morgan fingerprint density at radius 2 is 1.85 bits per heavy atom. The molecular weight excluding hydrogens is 489 g/mol. The fourth-order valence-electron chi connectivity index (χ4n) is 4.87. The highest BCUT2D eigenvalue weighted by Crippen LogP contribution is 2.44. The Bertz CT molecular complexity index is 1190. The number of urea groups is 1. The van der Waals surface area contributed by atoms with Crippen LogP contribution >= 0.6 is 15.9 Å². The Labute approximate surface area is 200 Å². The number of halogens is 2. The van der Waals surface area contributed by atoms with E-state index in [0.29, 0.717) is 5.69 Å². The minimum atomic E-state index is -0.847. The Balaban J connectivity index is 1.77. The third-order valence-corrected chi connectivity index (χ3v) is 6.84. The number of imide groups is 2. The molecule has 172 valence electrons. The molecule has 0 spiro atoms. The molecule has 6 nitrogen and oxygen atoms in total. The lowest BCUT2D eigenvalue weighted by Gasteiger charge is -2.47. The lowest BCUT2D eigenvalue weighted by molar-refractivity contribution is -0.122. The van der Waals surface area contributed by atoms with E-state index in [1.54, 1.807) is 30.3 Å². The maximum atomic E-state index is 15.2. The van der Waals surface area contributed by atoms with Gasteiger partial charge >= 0.3 is 6.03 Å². The van der Waals surface area contributed by atoms with Crippen molar-refractivity contribution in [2.24, 2.45) is 0 Å². The van der Waals surface area contributed by atoms with E-state index in [1.165, 1.54) is 12.1 Å². The third kappa shape index (κ3) is 4.08. The van der Waals surface area contributed by atoms with Crippen LogP contribution in [0.15, 0.2) is 46.4 Å². The fraction of sp³-hybridized carbons (Fsp3) is 0.320. The van der Waals surface area contributed by atoms with Crippen LogP contribution in [0.5, 0.6) is 0 Å². The molecule has 1 N–H and O–H groups in total. The van der Waals surface area contributed by atoms with E-state index in [4.69, 9.17) is 0 Å². The first kappa shape index (κ1) is 23.2. The molecule has 4 rings (SSSR count). The van der Waals surface area contributed by atoms with E-state index in [2.05, 4.69) is 46.9 Å². The molecule has 2 aliphatic heterocycles. The topological polar surface area (TPSA) is 69.7 Å². The van der Waals surface area contributed by atoms with Crippen molar-refractivity contribution in [2.45, 2.75) is 45.6 Å². The summed E-state index contributed by atoms with van der Waals surface area (Å²) in [7, 11) is 0. The highest BCUT2D eigenvalue weighted by atomic mass is 79.9. The van der Waals surface area contributed by atoms with Crippen molar-refractivity contribution in [3.05, 3.63) is 63.4 Å². The molecule has 0 bridgehead atoms. The van der Waals surface area contributed by atoms with Gasteiger partial charge in [-0.05, 0) is 81.1 Å². The Kier molecular flexibility index (Phi) is 5.90. The molecule has 0 aromatic heterocycles. The van der Waals surface area contributed by atoms with Crippen molar-refractivity contribution >= 4 is 51.2 Å². The van der Waals surface area contributed by atoms with Gasteiger partial charge in [0.05, 0.1) is 5.69 Å². The van der Waals surface area contributed by atoms with Gasteiger partial charge in [0, 0.05) is 27.8 Å². The first-order valence-electron chi connectivity index (χ1n) is 10.8. The Hall–Kier alpha value is -3.00. The number of rotatable bonds is 3. The molecule has 8 heteroatoms. The molecule has 2 aliphatic rings. The summed E-state index contributed by atoms with van der Waals surface area (Å²) >= 11 is 3.31. The number of anilines is 2. The molecule has 4 amide bonds. The monoisotopic (exact) mass is 513 g/mol. The van der Waals surface area contributed by atoms with Crippen LogP contribution in [0.1, 0.15) is 51.2 Å². The first-order valence-corrected chi connectivity index (χ1v) is 11.6. The molecule has 2 aromatic carbocycles. The highest BCUT2D eigenvalue weighted by Gasteiger charge is 2.38. The molecule has 33 heavy (non-hydrogen) atoms. The lowest BCUT2D eigenvalue weighted by atomic mass is 9.79. The standard InChI is InChI=1S/C25H25BrFN3O3/c1-5-29-21-12-20(27)15(10-18(21)14(2)13-25(29,3)4)11-19-22(31)28-24(33)30(23(19)32)17-8-6-16(26)7-9-17/h6-12,14H,5,13H2,1-4H3,(H,28,31,33)/b19-11-. The number of nitrogens with zero attached hydrogens (tertiary/aromatic N) is 2. The summed E-state index contributed by atoms with van der Waals surface area (Å²) < 4.78 is 16.0. The summed E-state index contributed by atoms with van der Waals surface area (Å²) in [5.74, 6) is -2.00. The number of hydrogen-bond donors (Lipinski definition) is 1. The van der Waals surface area contributed by atoms with Crippen molar-refractivity contribution in [1.82, 2.24) is 5.32 Å². The highest BCUT2D eigenvalue weighted by molar-refractivity contribution is 9.10. The van der Waals surface area contributed by atoms with E-state index in [0.717, 1.165) is 33.6 Å². The minimum absolute atomic E-state index is 0.113. The average molecular weight is 514 g/mol. The number of amides is 4. The van der Waals surface area contributed by atoms with E-state index in [-0.39, 0.29) is 22.6 Å². The van der Waals surface area contributed by atoms with Crippen LogP contribution in [-0.4, -0.2) is 29.9 Å². The van der Waals surface area contributed by atoms with Gasteiger partial charge in [0.25, 0.3) is 11.8 Å². The SMILES string of the molecule is CCN1c2cc(F)c(/C=C3/C(=O)NC(=O)N(c4ccc(Br)cc4)C3=O)cc2C(C)CC1(C)C. The molecule has 2 heterocycles. The van der Waals surface area contributed by atoms with Gasteiger partial charge in [-0.2, -0.15) is 0 Å². The van der Waals surface area contributed by atoms with Crippen LogP contribution in [0.25, 0.3) is 6.08 Å². The molecule has 1 fully saturated rings. The van der Waals surface area contributed by atoms with Crippen LogP contribution in [0.2, 0.25) is 0 Å². The first-order chi connectivity index (χ1) is 15.5. The van der Waals surface area contributed by atoms with Crippen LogP contribution in [-0.2, 0) is 9.59 Å². The summed E-state index contributed by atoms with van der Waals surface area (Å²) in [6.45, 7) is 9.14. The second-order valence-corrected chi connectivity index (χ2v) is 9.94. The molecule has 1 unspecified atom stereocenters. The summed E-state index contributed by atoms with van der Waals surface area (Å²) in [5.41, 5.74) is 1.83. The van der Waals surface area contributed by atoms with E-state index >= 15 is 4.39 Å². The van der Waals surface area contributed by atoms with Gasteiger partial charge in [-0.25, -0.2) is 14.1 Å². The second-order valence-electron chi connectivity index (χ2n) is 9.03. The van der Waals surface area contributed by atoms with E-state index in [1.807, 2.05) is 6.92 Å². The molecule has 2 aromatic rings. The van der Waals surface area contributed by atoms with Crippen LogP contribution < -0.4 is 15.1 Å². The van der Waals surface area contributed by atoms with E-state index < -0.39 is 23.7 Å². The third-order valence-electron chi connectivity index (χ3n) is 6.31. The minimum Gasteiger partial charge on any atom is -0.366 e. The smallest absolute Gasteiger partial charge is 0.335 e. The number of hydrogen-bond acceptors (Lipinski definition) is 4. The zero-order valence-electron chi connectivity index (χ0n) is 18.9. The Morgan fingerprint density at radius 3 is 2.48 bits per heavy atom. The Morgan fingerprint density at radius 1 is 1.18 bits per heavy atom. The van der Waals surface area contributed by atoms with Crippen LogP contribution in [0, 0.1) is 5.82 Å². The average Bonchev–Trinajstić information content (AvgIpc) is 2.72. The molecule has 0 saturated carbocycles. The molecule has 1 atom stereocenters. The summed E-state index contributed by atoms with van der Waals surface area (Å²) in [6, 6.07) is 8.87. The predicted octanol–water partition coefficient (Wildman–Crippen LogP) is 5.37. The number of barbiturate groups is 1. The zero-order chi connectivity index (χ0) is 24.1. The van der Waals surface area contributed by atoms with Crippen molar-refractivity contribution in [3.63, 3.8) is 0 Å². The van der Waals surface area contributed by atoms with Crippen molar-refractivity contribution in [2.75, 3.05) is 16.3 Å². The lowest BCUT2D eigenvalue weighted by Crippen LogP contribution is -2.54. The molecule has 0 radical (unpaired) electrons. The van der Waals surface area contributed by atoms with Crippen LogP contribution in [0.4, 0.5) is 20.6 Å². The second kappa shape index (κ2) is 8.41. The molecular formula is C25H25BrFN3O3. The van der Waals surface area contributed by atoms with Gasteiger partial charge in [0.2, 0.25) is 0 Å². The predicted molar refractivity (Wildman–Crippen MR) is 130 cm³/mol. The van der Waals surface area contributed by atoms with Crippen molar-refractivity contribution in [3.8, 4) is 0 Å². The van der Waals surface area contributed by atoms with Gasteiger partial charge in [-0.15, -0.1) is 0 Å². The fourth-order valence-corrected chi connectivity index (χ4v) is 5.13. The molecule has 0 aliphatic carbocycles. The summed E-state index contributed by atoms with van der Waals surface area (Å²) in [6.07, 6.45) is 2.12. The largest absolute Gasteiger partial charge is 0.366 e. The van der Waals surface area contributed by atoms with Gasteiger partial charge in [-0.3, -0.25) is 14.9 Å². The summed E-state index contributed by atoms with van der Waals surface area (Å²) in [5, 5.41) is 2.18. The van der Waals surface area contributed by atoms with Crippen molar-refractivity contribution in [1.29, 1.82) is 0 Å². The van der Waals surface area contributed by atoms with Gasteiger partial charge in [0.1, 0.15) is 11.4 Å². The van der Waals surface area contributed by atoms with Gasteiger partial charge in [0.15, 0.2) is 0 Å². The zero-order valence-corrected chi connectivity index (χ0v) is 20.5. The number of carbonyl (C=O) groups is 3. The quantitative estimate of drug-likeness (QED) is 0.442.